The van der Waals surface area contributed by atoms with Crippen LogP contribution in [0.1, 0.15) is 22.1 Å². The lowest BCUT2D eigenvalue weighted by Gasteiger charge is -2.13. The predicted molar refractivity (Wildman–Crippen MR) is 86.9 cm³/mol. The summed E-state index contributed by atoms with van der Waals surface area (Å²) in [5.41, 5.74) is 1.69. The number of thiophene rings is 1. The fourth-order valence-electron chi connectivity index (χ4n) is 2.11. The van der Waals surface area contributed by atoms with Gasteiger partial charge in [-0.25, -0.2) is 13.1 Å². The summed E-state index contributed by atoms with van der Waals surface area (Å²) in [5.74, 6) is 0.633. The Kier molecular flexibility index (Phi) is 5.23. The number of rotatable bonds is 6. The normalized spacial score (nSPS) is 13.1. The molecule has 1 heterocycles. The quantitative estimate of drug-likeness (QED) is 0.846. The molecule has 0 saturated heterocycles. The SMILES string of the molecule is COc1ccc(S(=O)(=O)NC[C@@H](O)c2sccc2C)cc1C. The van der Waals surface area contributed by atoms with E-state index in [2.05, 4.69) is 4.72 Å². The summed E-state index contributed by atoms with van der Waals surface area (Å²) in [6, 6.07) is 6.54. The van der Waals surface area contributed by atoms with Crippen molar-refractivity contribution in [1.82, 2.24) is 4.72 Å². The minimum Gasteiger partial charge on any atom is -0.496 e. The molecule has 5 nitrogen and oxygen atoms in total. The van der Waals surface area contributed by atoms with Crippen molar-refractivity contribution in [2.75, 3.05) is 13.7 Å². The lowest BCUT2D eigenvalue weighted by molar-refractivity contribution is 0.185. The van der Waals surface area contributed by atoms with E-state index in [1.54, 1.807) is 19.1 Å². The van der Waals surface area contributed by atoms with Gasteiger partial charge in [0.25, 0.3) is 0 Å². The highest BCUT2D eigenvalue weighted by Gasteiger charge is 2.19. The number of methoxy groups -OCH3 is 1. The number of aliphatic hydroxyl groups excluding tert-OH is 1. The third kappa shape index (κ3) is 3.67. The molecule has 0 aliphatic heterocycles. The highest BCUT2D eigenvalue weighted by molar-refractivity contribution is 7.89. The van der Waals surface area contributed by atoms with Crippen molar-refractivity contribution in [3.05, 3.63) is 45.6 Å². The molecule has 0 aliphatic carbocycles. The lowest BCUT2D eigenvalue weighted by Crippen LogP contribution is -2.28. The summed E-state index contributed by atoms with van der Waals surface area (Å²) >= 11 is 1.41. The average Bonchev–Trinajstić information content (AvgIpc) is 2.91. The summed E-state index contributed by atoms with van der Waals surface area (Å²) in [6.45, 7) is 3.60. The van der Waals surface area contributed by atoms with Crippen LogP contribution < -0.4 is 9.46 Å². The fourth-order valence-corrected chi connectivity index (χ4v) is 4.14. The van der Waals surface area contributed by atoms with Gasteiger partial charge in [0.05, 0.1) is 12.0 Å². The van der Waals surface area contributed by atoms with E-state index in [0.717, 1.165) is 16.0 Å². The monoisotopic (exact) mass is 341 g/mol. The van der Waals surface area contributed by atoms with Gasteiger partial charge in [-0.1, -0.05) is 0 Å². The molecule has 0 aliphatic rings. The van der Waals surface area contributed by atoms with Crippen molar-refractivity contribution in [1.29, 1.82) is 0 Å². The van der Waals surface area contributed by atoms with Crippen LogP contribution >= 0.6 is 11.3 Å². The maximum absolute atomic E-state index is 12.3. The van der Waals surface area contributed by atoms with Gasteiger partial charge in [0.15, 0.2) is 0 Å². The first kappa shape index (κ1) is 17.0. The molecule has 0 amide bonds. The summed E-state index contributed by atoms with van der Waals surface area (Å²) in [4.78, 5) is 0.925. The van der Waals surface area contributed by atoms with E-state index >= 15 is 0 Å². The van der Waals surface area contributed by atoms with Gasteiger partial charge in [-0.3, -0.25) is 0 Å². The van der Waals surface area contributed by atoms with Gasteiger partial charge in [-0.15, -0.1) is 11.3 Å². The molecule has 1 aromatic carbocycles. The highest BCUT2D eigenvalue weighted by Crippen LogP contribution is 2.24. The van der Waals surface area contributed by atoms with Crippen molar-refractivity contribution in [2.24, 2.45) is 0 Å². The molecule has 1 aromatic heterocycles. The number of ether oxygens (including phenoxy) is 1. The first-order valence-corrected chi connectivity index (χ1v) is 9.08. The Hall–Kier alpha value is -1.41. The zero-order chi connectivity index (χ0) is 16.3. The Balaban J connectivity index is 2.11. The molecule has 0 fully saturated rings. The largest absolute Gasteiger partial charge is 0.496 e. The molecule has 0 radical (unpaired) electrons. The number of aryl methyl sites for hydroxylation is 2. The molecule has 7 heteroatoms. The zero-order valence-electron chi connectivity index (χ0n) is 12.7. The molecule has 2 rings (SSSR count). The van der Waals surface area contributed by atoms with Crippen LogP contribution in [0.5, 0.6) is 5.75 Å². The zero-order valence-corrected chi connectivity index (χ0v) is 14.3. The van der Waals surface area contributed by atoms with Gasteiger partial charge in [-0.05, 0) is 54.6 Å². The second-order valence-electron chi connectivity index (χ2n) is 4.97. The summed E-state index contributed by atoms with van der Waals surface area (Å²) in [6.07, 6.45) is -0.853. The van der Waals surface area contributed by atoms with Crippen LogP contribution in [0.25, 0.3) is 0 Å². The minimum absolute atomic E-state index is 0.0608. The second-order valence-corrected chi connectivity index (χ2v) is 7.68. The van der Waals surface area contributed by atoms with Crippen molar-refractivity contribution in [3.8, 4) is 5.75 Å². The molecular weight excluding hydrogens is 322 g/mol. The predicted octanol–water partition coefficient (Wildman–Crippen LogP) is 2.39. The van der Waals surface area contributed by atoms with Crippen LogP contribution in [0.3, 0.4) is 0 Å². The Bertz CT molecular complexity index is 753. The third-order valence-electron chi connectivity index (χ3n) is 3.35. The van der Waals surface area contributed by atoms with E-state index in [0.29, 0.717) is 5.75 Å². The third-order valence-corrected chi connectivity index (χ3v) is 5.89. The maximum Gasteiger partial charge on any atom is 0.240 e. The van der Waals surface area contributed by atoms with Crippen LogP contribution in [0.4, 0.5) is 0 Å². The molecule has 120 valence electrons. The Labute approximate surface area is 134 Å². The van der Waals surface area contributed by atoms with Gasteiger partial charge < -0.3 is 9.84 Å². The van der Waals surface area contributed by atoms with E-state index in [1.807, 2.05) is 18.4 Å². The molecule has 0 unspecified atom stereocenters. The van der Waals surface area contributed by atoms with E-state index < -0.39 is 16.1 Å². The second kappa shape index (κ2) is 6.78. The van der Waals surface area contributed by atoms with E-state index in [-0.39, 0.29) is 11.4 Å². The van der Waals surface area contributed by atoms with Gasteiger partial charge in [0.1, 0.15) is 11.9 Å². The smallest absolute Gasteiger partial charge is 0.240 e. The maximum atomic E-state index is 12.3. The van der Waals surface area contributed by atoms with Crippen LogP contribution in [0, 0.1) is 13.8 Å². The van der Waals surface area contributed by atoms with E-state index in [1.165, 1.54) is 24.5 Å². The molecule has 22 heavy (non-hydrogen) atoms. The lowest BCUT2D eigenvalue weighted by atomic mass is 10.2. The van der Waals surface area contributed by atoms with Crippen molar-refractivity contribution in [2.45, 2.75) is 24.8 Å². The van der Waals surface area contributed by atoms with Gasteiger partial charge in [0, 0.05) is 11.4 Å². The van der Waals surface area contributed by atoms with Crippen LogP contribution in [0.15, 0.2) is 34.5 Å². The first-order chi connectivity index (χ1) is 10.3. The fraction of sp³-hybridized carbons (Fsp3) is 0.333. The summed E-state index contributed by atoms with van der Waals surface area (Å²) in [5, 5.41) is 12.0. The molecular formula is C15H19NO4S2. The van der Waals surface area contributed by atoms with Gasteiger partial charge in [-0.2, -0.15) is 0 Å². The highest BCUT2D eigenvalue weighted by atomic mass is 32.2. The number of benzene rings is 1. The van der Waals surface area contributed by atoms with E-state index in [9.17, 15) is 13.5 Å². The Morgan fingerprint density at radius 3 is 2.55 bits per heavy atom. The number of aliphatic hydroxyl groups is 1. The Morgan fingerprint density at radius 1 is 1.27 bits per heavy atom. The van der Waals surface area contributed by atoms with Gasteiger partial charge >= 0.3 is 0 Å². The van der Waals surface area contributed by atoms with Crippen molar-refractivity contribution >= 4 is 21.4 Å². The van der Waals surface area contributed by atoms with Crippen LogP contribution in [-0.4, -0.2) is 27.2 Å². The Morgan fingerprint density at radius 2 is 2.00 bits per heavy atom. The first-order valence-electron chi connectivity index (χ1n) is 6.71. The summed E-state index contributed by atoms with van der Waals surface area (Å²) in [7, 11) is -2.13. The molecule has 1 atom stereocenters. The molecule has 0 saturated carbocycles. The topological polar surface area (TPSA) is 75.6 Å². The van der Waals surface area contributed by atoms with Crippen LogP contribution in [-0.2, 0) is 10.0 Å². The van der Waals surface area contributed by atoms with E-state index in [4.69, 9.17) is 4.74 Å². The molecule has 2 N–H and O–H groups in total. The minimum atomic E-state index is -3.67. The molecule has 2 aromatic rings. The standard InChI is InChI=1S/C15H19NO4S2/c1-10-6-7-21-15(10)13(17)9-16-22(18,19)12-4-5-14(20-3)11(2)8-12/h4-8,13,16-17H,9H2,1-3H3/t13-/m1/s1. The van der Waals surface area contributed by atoms with Gasteiger partial charge in [0.2, 0.25) is 10.0 Å². The van der Waals surface area contributed by atoms with Crippen LogP contribution in [0.2, 0.25) is 0 Å². The number of nitrogens with one attached hydrogen (secondary N) is 1. The van der Waals surface area contributed by atoms with Crippen molar-refractivity contribution < 1.29 is 18.3 Å². The number of hydrogen-bond donors (Lipinski definition) is 2. The summed E-state index contributed by atoms with van der Waals surface area (Å²) < 4.78 is 32.1. The van der Waals surface area contributed by atoms with Crippen molar-refractivity contribution in [3.63, 3.8) is 0 Å². The average molecular weight is 341 g/mol. The number of hydrogen-bond acceptors (Lipinski definition) is 5. The molecule has 0 bridgehead atoms. The number of sulfonamides is 1. The molecule has 0 spiro atoms.